The molecular formula is C30H35N3O4S. The van der Waals surface area contributed by atoms with Crippen molar-refractivity contribution in [3.8, 4) is 0 Å². The van der Waals surface area contributed by atoms with Crippen molar-refractivity contribution in [3.63, 3.8) is 0 Å². The lowest BCUT2D eigenvalue weighted by Gasteiger charge is -2.33. The highest BCUT2D eigenvalue weighted by Gasteiger charge is 2.23. The van der Waals surface area contributed by atoms with Crippen molar-refractivity contribution in [1.29, 1.82) is 0 Å². The molecule has 0 unspecified atom stereocenters. The Hall–Kier alpha value is -3.49. The molecule has 0 spiro atoms. The SMILES string of the molecule is CS(=O)(=O)c1ccc(NC(=O)CC2CCN(CCN(C(=O)Cc3ccccc3)c3ccccc3)CC2)cc1. The first-order valence-corrected chi connectivity index (χ1v) is 14.9. The minimum atomic E-state index is -3.26. The van der Waals surface area contributed by atoms with Gasteiger partial charge in [0, 0.05) is 37.1 Å². The lowest BCUT2D eigenvalue weighted by atomic mass is 9.93. The molecule has 2 amide bonds. The molecule has 0 atom stereocenters. The fourth-order valence-corrected chi connectivity index (χ4v) is 5.42. The van der Waals surface area contributed by atoms with E-state index in [1.807, 2.05) is 65.6 Å². The first-order chi connectivity index (χ1) is 18.3. The summed E-state index contributed by atoms with van der Waals surface area (Å²) >= 11 is 0. The van der Waals surface area contributed by atoms with E-state index in [0.717, 1.165) is 50.0 Å². The van der Waals surface area contributed by atoms with Crippen LogP contribution in [0.2, 0.25) is 0 Å². The minimum absolute atomic E-state index is 0.0580. The van der Waals surface area contributed by atoms with Crippen LogP contribution in [0.5, 0.6) is 0 Å². The lowest BCUT2D eigenvalue weighted by molar-refractivity contribution is -0.118. The molecule has 8 heteroatoms. The standard InChI is InChI=1S/C30H35N3O4S/c1-38(36,37)28-14-12-26(13-15-28)31-29(34)22-25-16-18-32(19-17-25)20-21-33(27-10-6-3-7-11-27)30(35)23-24-8-4-2-5-9-24/h2-15,25H,16-23H2,1H3,(H,31,34). The lowest BCUT2D eigenvalue weighted by Crippen LogP contribution is -2.42. The van der Waals surface area contributed by atoms with Gasteiger partial charge in [0.2, 0.25) is 11.8 Å². The van der Waals surface area contributed by atoms with E-state index in [9.17, 15) is 18.0 Å². The molecule has 0 aliphatic carbocycles. The Bertz CT molecular complexity index is 1300. The van der Waals surface area contributed by atoms with Gasteiger partial charge in [-0.25, -0.2) is 8.42 Å². The van der Waals surface area contributed by atoms with Gasteiger partial charge in [-0.1, -0.05) is 48.5 Å². The van der Waals surface area contributed by atoms with E-state index in [1.54, 1.807) is 12.1 Å². The van der Waals surface area contributed by atoms with Gasteiger partial charge in [0.25, 0.3) is 0 Å². The first kappa shape index (κ1) is 27.5. The molecule has 1 N–H and O–H groups in total. The number of nitrogens with zero attached hydrogens (tertiary/aromatic N) is 2. The Morgan fingerprint density at radius 1 is 0.895 bits per heavy atom. The molecule has 1 saturated heterocycles. The summed E-state index contributed by atoms with van der Waals surface area (Å²) in [5.74, 6) is 0.322. The number of likely N-dealkylation sites (tertiary alicyclic amines) is 1. The Morgan fingerprint density at radius 3 is 2.11 bits per heavy atom. The summed E-state index contributed by atoms with van der Waals surface area (Å²) in [5, 5.41) is 2.88. The molecule has 1 aliphatic rings. The molecule has 1 aliphatic heterocycles. The maximum Gasteiger partial charge on any atom is 0.231 e. The van der Waals surface area contributed by atoms with Crippen LogP contribution in [0.4, 0.5) is 11.4 Å². The van der Waals surface area contributed by atoms with Crippen LogP contribution >= 0.6 is 0 Å². The molecule has 0 aromatic heterocycles. The predicted octanol–water partition coefficient (Wildman–Crippen LogP) is 4.41. The molecule has 0 radical (unpaired) electrons. The van der Waals surface area contributed by atoms with Gasteiger partial charge >= 0.3 is 0 Å². The van der Waals surface area contributed by atoms with Crippen molar-refractivity contribution in [2.45, 2.75) is 30.6 Å². The molecule has 7 nitrogen and oxygen atoms in total. The third kappa shape index (κ3) is 8.00. The van der Waals surface area contributed by atoms with E-state index < -0.39 is 9.84 Å². The quantitative estimate of drug-likeness (QED) is 0.417. The second-order valence-electron chi connectivity index (χ2n) is 9.88. The number of hydrogen-bond donors (Lipinski definition) is 1. The normalized spacial score (nSPS) is 14.7. The number of anilines is 2. The van der Waals surface area contributed by atoms with Crippen molar-refractivity contribution in [3.05, 3.63) is 90.5 Å². The third-order valence-corrected chi connectivity index (χ3v) is 8.08. The maximum absolute atomic E-state index is 13.2. The fourth-order valence-electron chi connectivity index (χ4n) is 4.79. The highest BCUT2D eigenvalue weighted by Crippen LogP contribution is 2.23. The first-order valence-electron chi connectivity index (χ1n) is 13.0. The zero-order valence-electron chi connectivity index (χ0n) is 21.8. The van der Waals surface area contributed by atoms with Gasteiger partial charge < -0.3 is 15.1 Å². The zero-order valence-corrected chi connectivity index (χ0v) is 22.6. The molecule has 38 heavy (non-hydrogen) atoms. The van der Waals surface area contributed by atoms with E-state index in [0.29, 0.717) is 31.0 Å². The van der Waals surface area contributed by atoms with E-state index >= 15 is 0 Å². The van der Waals surface area contributed by atoms with Crippen LogP contribution in [0.1, 0.15) is 24.8 Å². The second-order valence-corrected chi connectivity index (χ2v) is 11.9. The maximum atomic E-state index is 13.2. The second kappa shape index (κ2) is 12.8. The van der Waals surface area contributed by atoms with Gasteiger partial charge in [-0.3, -0.25) is 9.59 Å². The van der Waals surface area contributed by atoms with Crippen LogP contribution in [0, 0.1) is 5.92 Å². The molecule has 0 saturated carbocycles. The highest BCUT2D eigenvalue weighted by molar-refractivity contribution is 7.90. The zero-order chi connectivity index (χ0) is 27.0. The van der Waals surface area contributed by atoms with Gasteiger partial charge in [0.05, 0.1) is 11.3 Å². The molecule has 1 heterocycles. The van der Waals surface area contributed by atoms with Crippen LogP contribution in [-0.4, -0.2) is 57.6 Å². The Balaban J connectivity index is 1.25. The fraction of sp³-hybridized carbons (Fsp3) is 0.333. The Morgan fingerprint density at radius 2 is 1.50 bits per heavy atom. The van der Waals surface area contributed by atoms with E-state index in [4.69, 9.17) is 0 Å². The number of para-hydroxylation sites is 1. The van der Waals surface area contributed by atoms with Crippen molar-refractivity contribution >= 4 is 33.0 Å². The number of carbonyl (C=O) groups is 2. The number of rotatable bonds is 10. The smallest absolute Gasteiger partial charge is 0.231 e. The van der Waals surface area contributed by atoms with E-state index in [2.05, 4.69) is 10.2 Å². The molecule has 1 fully saturated rings. The average Bonchev–Trinajstić information content (AvgIpc) is 2.91. The van der Waals surface area contributed by atoms with Crippen LogP contribution in [0.15, 0.2) is 89.8 Å². The van der Waals surface area contributed by atoms with Crippen LogP contribution in [0.25, 0.3) is 0 Å². The minimum Gasteiger partial charge on any atom is -0.326 e. The molecule has 4 rings (SSSR count). The summed E-state index contributed by atoms with van der Waals surface area (Å²) < 4.78 is 23.2. The predicted molar refractivity (Wildman–Crippen MR) is 151 cm³/mol. The summed E-state index contributed by atoms with van der Waals surface area (Å²) in [6.45, 7) is 3.17. The summed E-state index contributed by atoms with van der Waals surface area (Å²) in [6, 6.07) is 25.9. The number of piperidine rings is 1. The average molecular weight is 534 g/mol. The van der Waals surface area contributed by atoms with Crippen LogP contribution in [0.3, 0.4) is 0 Å². The molecular weight excluding hydrogens is 498 g/mol. The van der Waals surface area contributed by atoms with Gasteiger partial charge in [-0.15, -0.1) is 0 Å². The third-order valence-electron chi connectivity index (χ3n) is 6.95. The van der Waals surface area contributed by atoms with Crippen molar-refractivity contribution in [2.24, 2.45) is 5.92 Å². The Labute approximate surface area is 225 Å². The monoisotopic (exact) mass is 533 g/mol. The summed E-state index contributed by atoms with van der Waals surface area (Å²) in [6.07, 6.45) is 3.81. The van der Waals surface area contributed by atoms with Crippen molar-refractivity contribution in [2.75, 3.05) is 42.7 Å². The molecule has 0 bridgehead atoms. The highest BCUT2D eigenvalue weighted by atomic mass is 32.2. The summed E-state index contributed by atoms with van der Waals surface area (Å²) in [7, 11) is -3.26. The van der Waals surface area contributed by atoms with Gasteiger partial charge in [-0.2, -0.15) is 0 Å². The van der Waals surface area contributed by atoms with Gasteiger partial charge in [0.15, 0.2) is 9.84 Å². The topological polar surface area (TPSA) is 86.8 Å². The number of hydrogen-bond acceptors (Lipinski definition) is 5. The van der Waals surface area contributed by atoms with Crippen LogP contribution in [-0.2, 0) is 25.8 Å². The van der Waals surface area contributed by atoms with E-state index in [-0.39, 0.29) is 16.7 Å². The largest absolute Gasteiger partial charge is 0.326 e. The number of nitrogens with one attached hydrogen (secondary N) is 1. The van der Waals surface area contributed by atoms with Gasteiger partial charge in [-0.05, 0) is 73.8 Å². The van der Waals surface area contributed by atoms with Gasteiger partial charge in [0.1, 0.15) is 0 Å². The van der Waals surface area contributed by atoms with Crippen LogP contribution < -0.4 is 10.2 Å². The van der Waals surface area contributed by atoms with Crippen molar-refractivity contribution < 1.29 is 18.0 Å². The number of carbonyl (C=O) groups excluding carboxylic acids is 2. The number of benzene rings is 3. The molecule has 3 aromatic rings. The molecule has 3 aromatic carbocycles. The Kier molecular flexibility index (Phi) is 9.31. The van der Waals surface area contributed by atoms with Crippen molar-refractivity contribution in [1.82, 2.24) is 4.90 Å². The van der Waals surface area contributed by atoms with E-state index in [1.165, 1.54) is 12.1 Å². The molecule has 200 valence electrons. The number of sulfone groups is 1. The summed E-state index contributed by atoms with van der Waals surface area (Å²) in [5.41, 5.74) is 2.51. The summed E-state index contributed by atoms with van der Waals surface area (Å²) in [4.78, 5) is 30.2. The number of amides is 2.